The Kier molecular flexibility index (Phi) is 6.43. The van der Waals surface area contributed by atoms with Crippen LogP contribution in [-0.2, 0) is 4.74 Å². The fraction of sp³-hybridized carbons (Fsp3) is 0.467. The maximum Gasteiger partial charge on any atom is 0.273 e. The van der Waals surface area contributed by atoms with Gasteiger partial charge in [-0.2, -0.15) is 0 Å². The maximum absolute atomic E-state index is 11.9. The number of carbonyl (C=O) groups is 1. The monoisotopic (exact) mass is 308 g/mol. The van der Waals surface area contributed by atoms with Crippen LogP contribution in [0.25, 0.3) is 10.6 Å². The molecule has 21 heavy (non-hydrogen) atoms. The molecule has 114 valence electrons. The SMILES string of the molecule is CCCCOCCCNC(=O)c1cc(-c2cccs2)on1. The fourth-order valence-electron chi connectivity index (χ4n) is 1.73. The van der Waals surface area contributed by atoms with E-state index in [2.05, 4.69) is 17.4 Å². The average Bonchev–Trinajstić information content (AvgIpc) is 3.16. The molecule has 0 aliphatic carbocycles. The van der Waals surface area contributed by atoms with Gasteiger partial charge in [0, 0.05) is 25.8 Å². The van der Waals surface area contributed by atoms with Crippen LogP contribution in [0.1, 0.15) is 36.7 Å². The summed E-state index contributed by atoms with van der Waals surface area (Å²) in [5.74, 6) is 0.410. The van der Waals surface area contributed by atoms with Gasteiger partial charge in [-0.25, -0.2) is 0 Å². The summed E-state index contributed by atoms with van der Waals surface area (Å²) in [4.78, 5) is 12.9. The number of carbonyl (C=O) groups excluding carboxylic acids is 1. The van der Waals surface area contributed by atoms with Crippen molar-refractivity contribution in [3.8, 4) is 10.6 Å². The Morgan fingerprint density at radius 2 is 2.29 bits per heavy atom. The smallest absolute Gasteiger partial charge is 0.273 e. The van der Waals surface area contributed by atoms with Gasteiger partial charge in [-0.15, -0.1) is 11.3 Å². The van der Waals surface area contributed by atoms with Crippen molar-refractivity contribution in [1.82, 2.24) is 10.5 Å². The van der Waals surface area contributed by atoms with Gasteiger partial charge in [-0.1, -0.05) is 24.6 Å². The van der Waals surface area contributed by atoms with Crippen molar-refractivity contribution in [3.05, 3.63) is 29.3 Å². The highest BCUT2D eigenvalue weighted by Gasteiger charge is 2.13. The summed E-state index contributed by atoms with van der Waals surface area (Å²) in [6.45, 7) is 4.16. The fourth-order valence-corrected chi connectivity index (χ4v) is 2.41. The number of hydrogen-bond donors (Lipinski definition) is 1. The summed E-state index contributed by atoms with van der Waals surface area (Å²) >= 11 is 1.55. The molecule has 0 unspecified atom stereocenters. The number of ether oxygens (including phenoxy) is 1. The summed E-state index contributed by atoms with van der Waals surface area (Å²) in [7, 11) is 0. The first-order valence-electron chi connectivity index (χ1n) is 7.17. The summed E-state index contributed by atoms with van der Waals surface area (Å²) < 4.78 is 10.6. The van der Waals surface area contributed by atoms with Crippen molar-refractivity contribution in [3.63, 3.8) is 0 Å². The van der Waals surface area contributed by atoms with Gasteiger partial charge in [-0.3, -0.25) is 4.79 Å². The van der Waals surface area contributed by atoms with Crippen molar-refractivity contribution in [2.45, 2.75) is 26.2 Å². The Labute approximate surface area is 128 Å². The summed E-state index contributed by atoms with van der Waals surface area (Å²) in [6, 6.07) is 5.53. The third-order valence-corrected chi connectivity index (χ3v) is 3.78. The molecule has 0 aliphatic heterocycles. The molecule has 2 rings (SSSR count). The van der Waals surface area contributed by atoms with Crippen LogP contribution in [0.5, 0.6) is 0 Å². The molecule has 1 N–H and O–H groups in total. The first kappa shape index (κ1) is 15.7. The average molecular weight is 308 g/mol. The molecule has 6 heteroatoms. The molecular weight excluding hydrogens is 288 g/mol. The topological polar surface area (TPSA) is 64.4 Å². The van der Waals surface area contributed by atoms with Gasteiger partial charge in [0.1, 0.15) is 0 Å². The zero-order valence-corrected chi connectivity index (χ0v) is 12.9. The second kappa shape index (κ2) is 8.59. The molecule has 1 amide bonds. The normalized spacial score (nSPS) is 10.7. The molecule has 0 aliphatic rings. The van der Waals surface area contributed by atoms with E-state index in [9.17, 15) is 4.79 Å². The predicted octanol–water partition coefficient (Wildman–Crippen LogP) is 3.34. The maximum atomic E-state index is 11.9. The van der Waals surface area contributed by atoms with Crippen molar-refractivity contribution >= 4 is 17.2 Å². The Bertz CT molecular complexity index is 537. The number of nitrogens with zero attached hydrogens (tertiary/aromatic N) is 1. The lowest BCUT2D eigenvalue weighted by Crippen LogP contribution is -2.25. The van der Waals surface area contributed by atoms with E-state index in [1.807, 2.05) is 17.5 Å². The Hall–Kier alpha value is -1.66. The first-order chi connectivity index (χ1) is 10.3. The summed E-state index contributed by atoms with van der Waals surface area (Å²) in [5, 5.41) is 8.56. The number of unbranched alkanes of at least 4 members (excludes halogenated alkanes) is 1. The number of amides is 1. The van der Waals surface area contributed by atoms with E-state index in [4.69, 9.17) is 9.26 Å². The van der Waals surface area contributed by atoms with Crippen molar-refractivity contribution < 1.29 is 14.1 Å². The van der Waals surface area contributed by atoms with Crippen LogP contribution < -0.4 is 5.32 Å². The quantitative estimate of drug-likeness (QED) is 0.722. The van der Waals surface area contributed by atoms with E-state index in [0.717, 1.165) is 30.7 Å². The lowest BCUT2D eigenvalue weighted by Gasteiger charge is -2.04. The van der Waals surface area contributed by atoms with Gasteiger partial charge in [0.2, 0.25) is 0 Å². The minimum Gasteiger partial charge on any atom is -0.381 e. The van der Waals surface area contributed by atoms with Crippen LogP contribution in [0.3, 0.4) is 0 Å². The third kappa shape index (κ3) is 4.99. The van der Waals surface area contributed by atoms with Crippen molar-refractivity contribution in [2.75, 3.05) is 19.8 Å². The number of aromatic nitrogens is 1. The van der Waals surface area contributed by atoms with E-state index in [0.29, 0.717) is 24.6 Å². The highest BCUT2D eigenvalue weighted by molar-refractivity contribution is 7.13. The minimum absolute atomic E-state index is 0.213. The van der Waals surface area contributed by atoms with E-state index < -0.39 is 0 Å². The minimum atomic E-state index is -0.213. The molecule has 0 fully saturated rings. The number of thiophene rings is 1. The lowest BCUT2D eigenvalue weighted by molar-refractivity contribution is 0.0931. The van der Waals surface area contributed by atoms with Crippen molar-refractivity contribution in [2.24, 2.45) is 0 Å². The Morgan fingerprint density at radius 1 is 1.43 bits per heavy atom. The second-order valence-corrected chi connectivity index (χ2v) is 5.58. The zero-order chi connectivity index (χ0) is 14.9. The van der Waals surface area contributed by atoms with Gasteiger partial charge in [-0.05, 0) is 24.3 Å². The van der Waals surface area contributed by atoms with Crippen LogP contribution in [0, 0.1) is 0 Å². The van der Waals surface area contributed by atoms with Crippen molar-refractivity contribution in [1.29, 1.82) is 0 Å². The molecule has 2 aromatic rings. The predicted molar refractivity (Wildman–Crippen MR) is 82.5 cm³/mol. The van der Waals surface area contributed by atoms with Crippen LogP contribution in [0.15, 0.2) is 28.1 Å². The van der Waals surface area contributed by atoms with Gasteiger partial charge in [0.05, 0.1) is 4.88 Å². The first-order valence-corrected chi connectivity index (χ1v) is 8.05. The Morgan fingerprint density at radius 3 is 3.05 bits per heavy atom. The van der Waals surface area contributed by atoms with Crippen LogP contribution >= 0.6 is 11.3 Å². The largest absolute Gasteiger partial charge is 0.381 e. The van der Waals surface area contributed by atoms with Gasteiger partial charge in [0.15, 0.2) is 11.5 Å². The summed E-state index contributed by atoms with van der Waals surface area (Å²) in [6.07, 6.45) is 3.01. The standard InChI is InChI=1S/C15H20N2O3S/c1-2-3-8-19-9-5-7-16-15(18)12-11-13(20-17-12)14-6-4-10-21-14/h4,6,10-11H,2-3,5,7-9H2,1H3,(H,16,18). The van der Waals surface area contributed by atoms with Gasteiger partial charge >= 0.3 is 0 Å². The molecule has 0 saturated carbocycles. The van der Waals surface area contributed by atoms with Crippen LogP contribution in [0.2, 0.25) is 0 Å². The van der Waals surface area contributed by atoms with Crippen LogP contribution in [0.4, 0.5) is 0 Å². The molecule has 0 atom stereocenters. The van der Waals surface area contributed by atoms with Gasteiger partial charge < -0.3 is 14.6 Å². The van der Waals surface area contributed by atoms with Crippen LogP contribution in [-0.4, -0.2) is 30.8 Å². The number of rotatable bonds is 9. The molecule has 0 aromatic carbocycles. The molecular formula is C15H20N2O3S. The molecule has 0 radical (unpaired) electrons. The molecule has 0 saturated heterocycles. The van der Waals surface area contributed by atoms with E-state index in [1.54, 1.807) is 17.4 Å². The van der Waals surface area contributed by atoms with Gasteiger partial charge in [0.25, 0.3) is 5.91 Å². The molecule has 5 nitrogen and oxygen atoms in total. The molecule has 0 spiro atoms. The van der Waals surface area contributed by atoms with E-state index in [1.165, 1.54) is 0 Å². The molecule has 2 aromatic heterocycles. The third-order valence-electron chi connectivity index (χ3n) is 2.90. The number of nitrogens with one attached hydrogen (secondary N) is 1. The number of hydrogen-bond acceptors (Lipinski definition) is 5. The second-order valence-electron chi connectivity index (χ2n) is 4.63. The highest BCUT2D eigenvalue weighted by Crippen LogP contribution is 2.24. The zero-order valence-electron chi connectivity index (χ0n) is 12.1. The van der Waals surface area contributed by atoms with E-state index in [-0.39, 0.29) is 5.91 Å². The molecule has 2 heterocycles. The summed E-state index contributed by atoms with van der Waals surface area (Å²) in [5.41, 5.74) is 0.310. The highest BCUT2D eigenvalue weighted by atomic mass is 32.1. The Balaban J connectivity index is 1.69. The van der Waals surface area contributed by atoms with E-state index >= 15 is 0 Å². The molecule has 0 bridgehead atoms. The lowest BCUT2D eigenvalue weighted by atomic mass is 10.3.